The lowest BCUT2D eigenvalue weighted by molar-refractivity contribution is -0.117. The van der Waals surface area contributed by atoms with Crippen molar-refractivity contribution < 1.29 is 19.1 Å². The van der Waals surface area contributed by atoms with Crippen molar-refractivity contribution in [3.8, 4) is 5.75 Å². The van der Waals surface area contributed by atoms with Crippen molar-refractivity contribution in [1.29, 1.82) is 0 Å². The van der Waals surface area contributed by atoms with E-state index in [1.165, 1.54) is 0 Å². The maximum atomic E-state index is 12.2. The van der Waals surface area contributed by atoms with Crippen LogP contribution in [0, 0.1) is 0 Å². The molecule has 0 unspecified atom stereocenters. The maximum absolute atomic E-state index is 12.2. The third-order valence-electron chi connectivity index (χ3n) is 3.39. The van der Waals surface area contributed by atoms with Crippen LogP contribution in [0.15, 0.2) is 54.6 Å². The summed E-state index contributed by atoms with van der Waals surface area (Å²) in [5, 5.41) is 5.25. The van der Waals surface area contributed by atoms with E-state index >= 15 is 0 Å². The fourth-order valence-corrected chi connectivity index (χ4v) is 2.10. The molecule has 0 spiro atoms. The van der Waals surface area contributed by atoms with Gasteiger partial charge in [-0.1, -0.05) is 42.5 Å². The van der Waals surface area contributed by atoms with E-state index in [2.05, 4.69) is 10.6 Å². The van der Waals surface area contributed by atoms with Crippen LogP contribution in [-0.2, 0) is 16.1 Å². The number of anilines is 1. The summed E-state index contributed by atoms with van der Waals surface area (Å²) in [4.78, 5) is 24.1. The van der Waals surface area contributed by atoms with Crippen LogP contribution < -0.4 is 15.4 Å². The summed E-state index contributed by atoms with van der Waals surface area (Å²) in [6, 6.07) is 15.7. The number of benzene rings is 2. The van der Waals surface area contributed by atoms with Gasteiger partial charge in [-0.05, 0) is 31.5 Å². The Balaban J connectivity index is 1.84. The van der Waals surface area contributed by atoms with Crippen LogP contribution in [0.2, 0.25) is 0 Å². The first-order chi connectivity index (χ1) is 12.1. The topological polar surface area (TPSA) is 76.7 Å². The van der Waals surface area contributed by atoms with Gasteiger partial charge in [0.25, 0.3) is 0 Å². The Morgan fingerprint density at radius 3 is 2.44 bits per heavy atom. The van der Waals surface area contributed by atoms with E-state index in [-0.39, 0.29) is 12.5 Å². The minimum absolute atomic E-state index is 0.147. The number of rotatable bonds is 7. The molecule has 2 aromatic rings. The van der Waals surface area contributed by atoms with E-state index in [9.17, 15) is 9.59 Å². The molecule has 0 saturated carbocycles. The summed E-state index contributed by atoms with van der Waals surface area (Å²) < 4.78 is 10.6. The number of hydrogen-bond donors (Lipinski definition) is 2. The van der Waals surface area contributed by atoms with E-state index in [1.54, 1.807) is 25.1 Å². The molecule has 0 aromatic heterocycles. The van der Waals surface area contributed by atoms with Gasteiger partial charge in [-0.25, -0.2) is 4.79 Å². The lowest BCUT2D eigenvalue weighted by Crippen LogP contribution is -2.41. The molecule has 6 nitrogen and oxygen atoms in total. The molecule has 25 heavy (non-hydrogen) atoms. The zero-order valence-electron chi connectivity index (χ0n) is 14.3. The van der Waals surface area contributed by atoms with Crippen LogP contribution in [-0.4, -0.2) is 24.6 Å². The summed E-state index contributed by atoms with van der Waals surface area (Å²) in [6.07, 6.45) is -0.649. The highest BCUT2D eigenvalue weighted by atomic mass is 16.5. The van der Waals surface area contributed by atoms with Crippen molar-refractivity contribution >= 4 is 17.7 Å². The Labute approximate surface area is 147 Å². The van der Waals surface area contributed by atoms with E-state index in [4.69, 9.17) is 9.47 Å². The molecule has 2 rings (SSSR count). The number of ether oxygens (including phenoxy) is 2. The second-order valence-electron chi connectivity index (χ2n) is 5.35. The van der Waals surface area contributed by atoms with Gasteiger partial charge in [0.1, 0.15) is 18.4 Å². The van der Waals surface area contributed by atoms with Gasteiger partial charge < -0.3 is 20.1 Å². The minimum Gasteiger partial charge on any atom is -0.492 e. The SMILES string of the molecule is CCOc1ccccc1NC(=O)[C@@H](C)NC(=O)OCc1ccccc1. The number of alkyl carbamates (subject to hydrolysis) is 1. The van der Waals surface area contributed by atoms with E-state index in [0.29, 0.717) is 18.0 Å². The Morgan fingerprint density at radius 2 is 1.72 bits per heavy atom. The average molecular weight is 342 g/mol. The normalized spacial score (nSPS) is 11.3. The highest BCUT2D eigenvalue weighted by Gasteiger charge is 2.17. The predicted octanol–water partition coefficient (Wildman–Crippen LogP) is 3.34. The predicted molar refractivity (Wildman–Crippen MR) is 95.5 cm³/mol. The highest BCUT2D eigenvalue weighted by Crippen LogP contribution is 2.23. The average Bonchev–Trinajstić information content (AvgIpc) is 2.62. The third-order valence-corrected chi connectivity index (χ3v) is 3.39. The van der Waals surface area contributed by atoms with Crippen molar-refractivity contribution in [3.63, 3.8) is 0 Å². The second-order valence-corrected chi connectivity index (χ2v) is 5.35. The third kappa shape index (κ3) is 5.84. The molecule has 0 saturated heterocycles. The van der Waals surface area contributed by atoms with Gasteiger partial charge in [-0.3, -0.25) is 4.79 Å². The lowest BCUT2D eigenvalue weighted by atomic mass is 10.2. The fourth-order valence-electron chi connectivity index (χ4n) is 2.10. The first-order valence-electron chi connectivity index (χ1n) is 8.10. The van der Waals surface area contributed by atoms with Gasteiger partial charge in [0.15, 0.2) is 0 Å². The van der Waals surface area contributed by atoms with E-state index < -0.39 is 12.1 Å². The first kappa shape index (κ1) is 18.3. The van der Waals surface area contributed by atoms with Crippen molar-refractivity contribution in [2.45, 2.75) is 26.5 Å². The molecule has 2 amide bonds. The monoisotopic (exact) mass is 342 g/mol. The summed E-state index contributed by atoms with van der Waals surface area (Å²) >= 11 is 0. The van der Waals surface area contributed by atoms with E-state index in [1.807, 2.05) is 43.3 Å². The number of carbonyl (C=O) groups is 2. The van der Waals surface area contributed by atoms with Crippen LogP contribution in [0.5, 0.6) is 5.75 Å². The standard InChI is InChI=1S/C19H22N2O4/c1-3-24-17-12-8-7-11-16(17)21-18(22)14(2)20-19(23)25-13-15-9-5-4-6-10-15/h4-12,14H,3,13H2,1-2H3,(H,20,23)(H,21,22)/t14-/m1/s1. The molecular formula is C19H22N2O4. The van der Waals surface area contributed by atoms with Crippen molar-refractivity contribution in [3.05, 3.63) is 60.2 Å². The molecule has 0 aliphatic rings. The number of nitrogens with one attached hydrogen (secondary N) is 2. The largest absolute Gasteiger partial charge is 0.492 e. The zero-order chi connectivity index (χ0) is 18.1. The minimum atomic E-state index is -0.752. The molecule has 0 radical (unpaired) electrons. The molecule has 0 fully saturated rings. The van der Waals surface area contributed by atoms with Gasteiger partial charge in [0.05, 0.1) is 12.3 Å². The Bertz CT molecular complexity index is 704. The first-order valence-corrected chi connectivity index (χ1v) is 8.10. The van der Waals surface area contributed by atoms with Crippen LogP contribution in [0.25, 0.3) is 0 Å². The number of hydrogen-bond acceptors (Lipinski definition) is 4. The molecule has 0 aliphatic heterocycles. The zero-order valence-corrected chi connectivity index (χ0v) is 14.3. The molecule has 1 atom stereocenters. The molecule has 2 N–H and O–H groups in total. The molecule has 0 heterocycles. The molecule has 132 valence electrons. The van der Waals surface area contributed by atoms with Crippen LogP contribution in [0.3, 0.4) is 0 Å². The van der Waals surface area contributed by atoms with Gasteiger partial charge in [-0.2, -0.15) is 0 Å². The Kier molecular flexibility index (Phi) is 6.83. The summed E-state index contributed by atoms with van der Waals surface area (Å²) in [5.74, 6) is 0.223. The molecule has 2 aromatic carbocycles. The highest BCUT2D eigenvalue weighted by molar-refractivity contribution is 5.97. The molecular weight excluding hydrogens is 320 g/mol. The fraction of sp³-hybridized carbons (Fsp3) is 0.263. The second kappa shape index (κ2) is 9.32. The summed E-state index contributed by atoms with van der Waals surface area (Å²) in [7, 11) is 0. The maximum Gasteiger partial charge on any atom is 0.408 e. The van der Waals surface area contributed by atoms with Gasteiger partial charge in [0, 0.05) is 0 Å². The summed E-state index contributed by atoms with van der Waals surface area (Å²) in [6.45, 7) is 4.09. The van der Waals surface area contributed by atoms with Gasteiger partial charge in [-0.15, -0.1) is 0 Å². The van der Waals surface area contributed by atoms with E-state index in [0.717, 1.165) is 5.56 Å². The number of para-hydroxylation sites is 2. The smallest absolute Gasteiger partial charge is 0.408 e. The van der Waals surface area contributed by atoms with Crippen LogP contribution in [0.4, 0.5) is 10.5 Å². The lowest BCUT2D eigenvalue weighted by Gasteiger charge is -2.16. The van der Waals surface area contributed by atoms with Gasteiger partial charge >= 0.3 is 6.09 Å². The van der Waals surface area contributed by atoms with Crippen LogP contribution >= 0.6 is 0 Å². The Morgan fingerprint density at radius 1 is 1.04 bits per heavy atom. The van der Waals surface area contributed by atoms with Crippen molar-refractivity contribution in [2.24, 2.45) is 0 Å². The van der Waals surface area contributed by atoms with Crippen molar-refractivity contribution in [2.75, 3.05) is 11.9 Å². The summed E-state index contributed by atoms with van der Waals surface area (Å²) in [5.41, 5.74) is 1.43. The quantitative estimate of drug-likeness (QED) is 0.809. The Hall–Kier alpha value is -3.02. The molecule has 0 aliphatic carbocycles. The number of amides is 2. The molecule has 6 heteroatoms. The number of carbonyl (C=O) groups excluding carboxylic acids is 2. The van der Waals surface area contributed by atoms with Gasteiger partial charge in [0.2, 0.25) is 5.91 Å². The van der Waals surface area contributed by atoms with Crippen LogP contribution in [0.1, 0.15) is 19.4 Å². The molecule has 0 bridgehead atoms. The van der Waals surface area contributed by atoms with Crippen molar-refractivity contribution in [1.82, 2.24) is 5.32 Å².